The molecule has 2 heterocycles. The van der Waals surface area contributed by atoms with E-state index in [-0.39, 0.29) is 6.04 Å². The van der Waals surface area contributed by atoms with E-state index in [0.717, 1.165) is 33.3 Å². The van der Waals surface area contributed by atoms with E-state index >= 15 is 0 Å². The molecule has 1 N–H and O–H groups in total. The van der Waals surface area contributed by atoms with E-state index in [0.29, 0.717) is 0 Å². The third-order valence-corrected chi connectivity index (χ3v) is 4.07. The normalized spacial score (nSPS) is 12.7. The molecule has 1 unspecified atom stereocenters. The molecular formula is C15H16BrN5. The van der Waals surface area contributed by atoms with E-state index in [1.54, 1.807) is 10.9 Å². The summed E-state index contributed by atoms with van der Waals surface area (Å²) in [5.41, 5.74) is 2.91. The highest BCUT2D eigenvalue weighted by molar-refractivity contribution is 9.10. The van der Waals surface area contributed by atoms with Gasteiger partial charge in [0, 0.05) is 16.9 Å². The fourth-order valence-corrected chi connectivity index (χ4v) is 2.98. The molecule has 5 nitrogen and oxygen atoms in total. The SMILES string of the molecule is CCNC(c1nc2ccccc2cc1Br)c1cnnn1C. The number of benzene rings is 1. The number of pyridine rings is 1. The van der Waals surface area contributed by atoms with Crippen molar-refractivity contribution in [1.29, 1.82) is 0 Å². The summed E-state index contributed by atoms with van der Waals surface area (Å²) >= 11 is 3.65. The molecular weight excluding hydrogens is 330 g/mol. The minimum atomic E-state index is -0.0472. The van der Waals surface area contributed by atoms with Crippen molar-refractivity contribution in [2.45, 2.75) is 13.0 Å². The molecule has 6 heteroatoms. The molecule has 3 rings (SSSR count). The number of nitrogens with zero attached hydrogens (tertiary/aromatic N) is 4. The summed E-state index contributed by atoms with van der Waals surface area (Å²) in [6.45, 7) is 2.91. The summed E-state index contributed by atoms with van der Waals surface area (Å²) in [6, 6.07) is 10.2. The van der Waals surface area contributed by atoms with Crippen LogP contribution < -0.4 is 5.32 Å². The Kier molecular flexibility index (Phi) is 3.98. The molecule has 0 amide bonds. The van der Waals surface area contributed by atoms with Crippen LogP contribution in [0.15, 0.2) is 41.0 Å². The van der Waals surface area contributed by atoms with E-state index in [2.05, 4.69) is 50.6 Å². The summed E-state index contributed by atoms with van der Waals surface area (Å²) in [5.74, 6) is 0. The van der Waals surface area contributed by atoms with Gasteiger partial charge in [0.15, 0.2) is 0 Å². The van der Waals surface area contributed by atoms with Crippen LogP contribution in [0.4, 0.5) is 0 Å². The molecule has 0 aliphatic heterocycles. The zero-order valence-corrected chi connectivity index (χ0v) is 13.5. The van der Waals surface area contributed by atoms with Gasteiger partial charge in [0.25, 0.3) is 0 Å². The maximum Gasteiger partial charge on any atom is 0.0950 e. The highest BCUT2D eigenvalue weighted by atomic mass is 79.9. The van der Waals surface area contributed by atoms with E-state index < -0.39 is 0 Å². The van der Waals surface area contributed by atoms with Crippen molar-refractivity contribution >= 4 is 26.8 Å². The highest BCUT2D eigenvalue weighted by Gasteiger charge is 2.21. The fourth-order valence-electron chi connectivity index (χ4n) is 2.41. The van der Waals surface area contributed by atoms with Gasteiger partial charge in [0.2, 0.25) is 0 Å². The highest BCUT2D eigenvalue weighted by Crippen LogP contribution is 2.29. The lowest BCUT2D eigenvalue weighted by molar-refractivity contribution is 0.557. The molecule has 3 aromatic rings. The standard InChI is InChI=1S/C15H16BrN5/c1-3-17-15(13-9-18-20-21(13)2)14-11(16)8-10-6-4-5-7-12(10)19-14/h4-9,15,17H,3H2,1-2H3. The lowest BCUT2D eigenvalue weighted by atomic mass is 10.1. The Balaban J connectivity index is 2.15. The molecule has 0 fully saturated rings. The molecule has 21 heavy (non-hydrogen) atoms. The topological polar surface area (TPSA) is 55.6 Å². The minimum absolute atomic E-state index is 0.0472. The van der Waals surface area contributed by atoms with Gasteiger partial charge in [0.05, 0.1) is 29.1 Å². The predicted molar refractivity (Wildman–Crippen MR) is 86.0 cm³/mol. The van der Waals surface area contributed by atoms with Gasteiger partial charge in [-0.25, -0.2) is 4.98 Å². The van der Waals surface area contributed by atoms with Gasteiger partial charge in [-0.3, -0.25) is 4.68 Å². The van der Waals surface area contributed by atoms with Crippen LogP contribution in [0.3, 0.4) is 0 Å². The van der Waals surface area contributed by atoms with E-state index in [1.807, 2.05) is 25.2 Å². The van der Waals surface area contributed by atoms with E-state index in [4.69, 9.17) is 4.98 Å². The number of fused-ring (bicyclic) bond motifs is 1. The summed E-state index contributed by atoms with van der Waals surface area (Å²) in [4.78, 5) is 4.81. The van der Waals surface area contributed by atoms with Crippen LogP contribution >= 0.6 is 15.9 Å². The van der Waals surface area contributed by atoms with Crippen LogP contribution in [0.5, 0.6) is 0 Å². The average Bonchev–Trinajstić information content (AvgIpc) is 2.90. The second-order valence-electron chi connectivity index (χ2n) is 4.82. The Morgan fingerprint density at radius 3 is 2.86 bits per heavy atom. The largest absolute Gasteiger partial charge is 0.304 e. The third-order valence-electron chi connectivity index (χ3n) is 3.43. The summed E-state index contributed by atoms with van der Waals surface area (Å²) < 4.78 is 2.75. The number of aryl methyl sites for hydroxylation is 1. The van der Waals surface area contributed by atoms with Crippen LogP contribution in [-0.4, -0.2) is 26.5 Å². The van der Waals surface area contributed by atoms with E-state index in [9.17, 15) is 0 Å². The molecule has 108 valence electrons. The van der Waals surface area contributed by atoms with Crippen LogP contribution in [0, 0.1) is 0 Å². The maximum absolute atomic E-state index is 4.81. The van der Waals surface area contributed by atoms with Crippen molar-refractivity contribution in [3.8, 4) is 0 Å². The zero-order valence-electron chi connectivity index (χ0n) is 11.9. The Labute approximate surface area is 131 Å². The van der Waals surface area contributed by atoms with Crippen molar-refractivity contribution in [3.05, 3.63) is 52.4 Å². The van der Waals surface area contributed by atoms with Crippen LogP contribution in [0.2, 0.25) is 0 Å². The second kappa shape index (κ2) is 5.91. The van der Waals surface area contributed by atoms with Gasteiger partial charge in [0.1, 0.15) is 0 Å². The Morgan fingerprint density at radius 2 is 2.14 bits per heavy atom. The molecule has 0 spiro atoms. The Morgan fingerprint density at radius 1 is 1.33 bits per heavy atom. The maximum atomic E-state index is 4.81. The average molecular weight is 346 g/mol. The summed E-state index contributed by atoms with van der Waals surface area (Å²) in [5, 5.41) is 12.6. The predicted octanol–water partition coefficient (Wildman–Crippen LogP) is 2.82. The van der Waals surface area contributed by atoms with Gasteiger partial charge >= 0.3 is 0 Å². The quantitative estimate of drug-likeness (QED) is 0.789. The molecule has 0 saturated heterocycles. The van der Waals surface area contributed by atoms with E-state index in [1.165, 1.54) is 0 Å². The molecule has 2 aromatic heterocycles. The van der Waals surface area contributed by atoms with Gasteiger partial charge in [-0.2, -0.15) is 0 Å². The van der Waals surface area contributed by atoms with Crippen molar-refractivity contribution in [2.75, 3.05) is 6.54 Å². The fraction of sp³-hybridized carbons (Fsp3) is 0.267. The number of nitrogens with one attached hydrogen (secondary N) is 1. The lowest BCUT2D eigenvalue weighted by Gasteiger charge is -2.19. The number of aromatic nitrogens is 4. The Bertz CT molecular complexity index is 768. The molecule has 0 radical (unpaired) electrons. The van der Waals surface area contributed by atoms with Crippen molar-refractivity contribution < 1.29 is 0 Å². The van der Waals surface area contributed by atoms with Crippen molar-refractivity contribution in [2.24, 2.45) is 7.05 Å². The summed E-state index contributed by atoms with van der Waals surface area (Å²) in [7, 11) is 1.89. The molecule has 0 bridgehead atoms. The Hall–Kier alpha value is -1.79. The first kappa shape index (κ1) is 14.2. The van der Waals surface area contributed by atoms with Crippen molar-refractivity contribution in [1.82, 2.24) is 25.3 Å². The first-order chi connectivity index (χ1) is 10.2. The molecule has 1 atom stereocenters. The van der Waals surface area contributed by atoms with Gasteiger partial charge in [-0.15, -0.1) is 5.10 Å². The van der Waals surface area contributed by atoms with Gasteiger partial charge < -0.3 is 5.32 Å². The first-order valence-electron chi connectivity index (χ1n) is 6.84. The number of hydrogen-bond donors (Lipinski definition) is 1. The smallest absolute Gasteiger partial charge is 0.0950 e. The van der Waals surface area contributed by atoms with Crippen LogP contribution in [-0.2, 0) is 7.05 Å². The van der Waals surface area contributed by atoms with Gasteiger partial charge in [-0.05, 0) is 34.6 Å². The van der Waals surface area contributed by atoms with Gasteiger partial charge in [-0.1, -0.05) is 30.3 Å². The first-order valence-corrected chi connectivity index (χ1v) is 7.63. The minimum Gasteiger partial charge on any atom is -0.304 e. The third kappa shape index (κ3) is 2.69. The van der Waals surface area contributed by atoms with Crippen LogP contribution in [0.1, 0.15) is 24.4 Å². The van der Waals surface area contributed by atoms with Crippen molar-refractivity contribution in [3.63, 3.8) is 0 Å². The number of hydrogen-bond acceptors (Lipinski definition) is 4. The molecule has 0 aliphatic carbocycles. The number of halogens is 1. The number of rotatable bonds is 4. The zero-order chi connectivity index (χ0) is 14.8. The lowest BCUT2D eigenvalue weighted by Crippen LogP contribution is -2.25. The molecule has 0 aliphatic rings. The number of para-hydroxylation sites is 1. The van der Waals surface area contributed by atoms with Crippen LogP contribution in [0.25, 0.3) is 10.9 Å². The summed E-state index contributed by atoms with van der Waals surface area (Å²) in [6.07, 6.45) is 1.77. The molecule has 0 saturated carbocycles. The second-order valence-corrected chi connectivity index (χ2v) is 5.68. The monoisotopic (exact) mass is 345 g/mol. The molecule has 1 aromatic carbocycles.